The molecule has 0 aromatic heterocycles. The second-order valence-corrected chi connectivity index (χ2v) is 12.7. The maximum atomic E-state index is 14.1. The zero-order chi connectivity index (χ0) is 28.9. The van der Waals surface area contributed by atoms with Crippen LogP contribution in [0, 0.1) is 13.8 Å². The quantitative estimate of drug-likeness (QED) is 0.336. The summed E-state index contributed by atoms with van der Waals surface area (Å²) in [4.78, 5) is 28.9. The van der Waals surface area contributed by atoms with Crippen molar-refractivity contribution in [2.75, 3.05) is 10.8 Å². The zero-order valence-electron chi connectivity index (χ0n) is 23.1. The standard InChI is InChI=1S/C31H36ClN3O4S/c1-22-16-18-25(19-17-22)20-34(24(3)31(37)33-26-10-7-8-11-26)30(36)21-35(29-15-9-14-28(32)23(29)2)40(38,39)27-12-5-4-6-13-27/h4-6,9,12-19,24,26H,7-8,10-11,20-21H2,1-3H3,(H,33,37)/t24-/m0/s1. The first-order chi connectivity index (χ1) is 19.1. The fourth-order valence-electron chi connectivity index (χ4n) is 4.96. The molecule has 1 atom stereocenters. The molecule has 3 aromatic rings. The van der Waals surface area contributed by atoms with Gasteiger partial charge in [0.25, 0.3) is 10.0 Å². The van der Waals surface area contributed by atoms with Crippen LogP contribution >= 0.6 is 11.6 Å². The predicted molar refractivity (Wildman–Crippen MR) is 159 cm³/mol. The van der Waals surface area contributed by atoms with Crippen molar-refractivity contribution in [2.24, 2.45) is 0 Å². The number of benzene rings is 3. The number of aryl methyl sites for hydroxylation is 1. The summed E-state index contributed by atoms with van der Waals surface area (Å²) in [6, 6.07) is 20.0. The highest BCUT2D eigenvalue weighted by Crippen LogP contribution is 2.31. The molecule has 40 heavy (non-hydrogen) atoms. The van der Waals surface area contributed by atoms with E-state index in [1.807, 2.05) is 31.2 Å². The highest BCUT2D eigenvalue weighted by molar-refractivity contribution is 7.92. The Morgan fingerprint density at radius 1 is 0.950 bits per heavy atom. The van der Waals surface area contributed by atoms with Crippen LogP contribution in [0.5, 0.6) is 0 Å². The molecule has 7 nitrogen and oxygen atoms in total. The molecule has 0 aliphatic heterocycles. The number of nitrogens with zero attached hydrogens (tertiary/aromatic N) is 2. The van der Waals surface area contributed by atoms with E-state index in [0.29, 0.717) is 16.3 Å². The van der Waals surface area contributed by atoms with Crippen LogP contribution in [0.4, 0.5) is 5.69 Å². The smallest absolute Gasteiger partial charge is 0.264 e. The first kappa shape index (κ1) is 29.6. The van der Waals surface area contributed by atoms with Crippen LogP contribution < -0.4 is 9.62 Å². The van der Waals surface area contributed by atoms with Gasteiger partial charge in [-0.1, -0.05) is 78.5 Å². The highest BCUT2D eigenvalue weighted by Gasteiger charge is 2.34. The van der Waals surface area contributed by atoms with Crippen LogP contribution in [0.3, 0.4) is 0 Å². The van der Waals surface area contributed by atoms with Gasteiger partial charge in [-0.2, -0.15) is 0 Å². The fraction of sp³-hybridized carbons (Fsp3) is 0.355. The molecule has 9 heteroatoms. The summed E-state index contributed by atoms with van der Waals surface area (Å²) in [6.07, 6.45) is 3.97. The molecule has 3 aromatic carbocycles. The molecule has 2 amide bonds. The van der Waals surface area contributed by atoms with E-state index in [0.717, 1.165) is 41.1 Å². The molecule has 1 aliphatic rings. The second-order valence-electron chi connectivity index (χ2n) is 10.4. The molecule has 1 aliphatic carbocycles. The number of carbonyl (C=O) groups excluding carboxylic acids is 2. The van der Waals surface area contributed by atoms with Crippen LogP contribution in [0.15, 0.2) is 77.7 Å². The molecule has 1 saturated carbocycles. The van der Waals surface area contributed by atoms with Crippen molar-refractivity contribution >= 4 is 39.1 Å². The van der Waals surface area contributed by atoms with E-state index < -0.39 is 28.5 Å². The number of carbonyl (C=O) groups is 2. The number of amides is 2. The Morgan fingerprint density at radius 3 is 2.25 bits per heavy atom. The maximum Gasteiger partial charge on any atom is 0.264 e. The number of hydrogen-bond acceptors (Lipinski definition) is 4. The molecule has 0 radical (unpaired) electrons. The van der Waals surface area contributed by atoms with E-state index in [2.05, 4.69) is 5.32 Å². The monoisotopic (exact) mass is 581 g/mol. The first-order valence-corrected chi connectivity index (χ1v) is 15.4. The van der Waals surface area contributed by atoms with Gasteiger partial charge in [0.1, 0.15) is 12.6 Å². The normalized spacial score (nSPS) is 14.5. The van der Waals surface area contributed by atoms with E-state index in [1.54, 1.807) is 50.2 Å². The summed E-state index contributed by atoms with van der Waals surface area (Å²) < 4.78 is 28.9. The molecule has 0 saturated heterocycles. The third kappa shape index (κ3) is 6.85. The molecule has 0 unspecified atom stereocenters. The zero-order valence-corrected chi connectivity index (χ0v) is 24.7. The van der Waals surface area contributed by atoms with Crippen molar-refractivity contribution in [1.82, 2.24) is 10.2 Å². The Balaban J connectivity index is 1.70. The van der Waals surface area contributed by atoms with Crippen LogP contribution in [-0.2, 0) is 26.2 Å². The van der Waals surface area contributed by atoms with Crippen LogP contribution in [0.25, 0.3) is 0 Å². The summed E-state index contributed by atoms with van der Waals surface area (Å²) >= 11 is 6.38. The lowest BCUT2D eigenvalue weighted by molar-refractivity contribution is -0.139. The third-order valence-electron chi connectivity index (χ3n) is 7.46. The first-order valence-electron chi connectivity index (χ1n) is 13.6. The van der Waals surface area contributed by atoms with Gasteiger partial charge in [0, 0.05) is 17.6 Å². The number of rotatable bonds is 10. The lowest BCUT2D eigenvalue weighted by Crippen LogP contribution is -2.52. The van der Waals surface area contributed by atoms with Gasteiger partial charge < -0.3 is 10.2 Å². The number of anilines is 1. The average Bonchev–Trinajstić information content (AvgIpc) is 3.46. The van der Waals surface area contributed by atoms with Crippen molar-refractivity contribution in [3.8, 4) is 0 Å². The van der Waals surface area contributed by atoms with Gasteiger partial charge in [-0.05, 0) is 69.0 Å². The van der Waals surface area contributed by atoms with Crippen molar-refractivity contribution in [1.29, 1.82) is 0 Å². The minimum absolute atomic E-state index is 0.0549. The highest BCUT2D eigenvalue weighted by atomic mass is 35.5. The van der Waals surface area contributed by atoms with E-state index in [1.165, 1.54) is 17.0 Å². The summed E-state index contributed by atoms with van der Waals surface area (Å²) in [5, 5.41) is 3.47. The van der Waals surface area contributed by atoms with Crippen LogP contribution in [0.1, 0.15) is 49.3 Å². The van der Waals surface area contributed by atoms with Gasteiger partial charge >= 0.3 is 0 Å². The minimum Gasteiger partial charge on any atom is -0.352 e. The Morgan fingerprint density at radius 2 is 1.60 bits per heavy atom. The molecule has 1 N–H and O–H groups in total. The summed E-state index contributed by atoms with van der Waals surface area (Å²) in [5.74, 6) is -0.739. The van der Waals surface area contributed by atoms with Crippen molar-refractivity contribution < 1.29 is 18.0 Å². The Bertz CT molecular complexity index is 1440. The van der Waals surface area contributed by atoms with Gasteiger partial charge in [-0.15, -0.1) is 0 Å². The van der Waals surface area contributed by atoms with Gasteiger partial charge in [-0.3, -0.25) is 13.9 Å². The average molecular weight is 582 g/mol. The summed E-state index contributed by atoms with van der Waals surface area (Å²) in [7, 11) is -4.14. The van der Waals surface area contributed by atoms with Gasteiger partial charge in [0.2, 0.25) is 11.8 Å². The molecule has 0 bridgehead atoms. The fourth-order valence-corrected chi connectivity index (χ4v) is 6.63. The van der Waals surface area contributed by atoms with Crippen molar-refractivity contribution in [3.05, 3.63) is 94.5 Å². The topological polar surface area (TPSA) is 86.8 Å². The van der Waals surface area contributed by atoms with E-state index in [9.17, 15) is 18.0 Å². The van der Waals surface area contributed by atoms with E-state index in [-0.39, 0.29) is 23.4 Å². The van der Waals surface area contributed by atoms with E-state index in [4.69, 9.17) is 11.6 Å². The number of sulfonamides is 1. The van der Waals surface area contributed by atoms with Crippen molar-refractivity contribution in [2.45, 2.75) is 70.0 Å². The predicted octanol–water partition coefficient (Wildman–Crippen LogP) is 5.63. The second kappa shape index (κ2) is 12.9. The molecular weight excluding hydrogens is 546 g/mol. The Kier molecular flexibility index (Phi) is 9.53. The van der Waals surface area contributed by atoms with Crippen molar-refractivity contribution in [3.63, 3.8) is 0 Å². The van der Waals surface area contributed by atoms with E-state index >= 15 is 0 Å². The van der Waals surface area contributed by atoms with Gasteiger partial charge in [0.15, 0.2) is 0 Å². The lowest BCUT2D eigenvalue weighted by atomic mass is 10.1. The molecule has 0 heterocycles. The molecule has 4 rings (SSSR count). The number of nitrogens with one attached hydrogen (secondary N) is 1. The minimum atomic E-state index is -4.14. The number of halogens is 1. The van der Waals surface area contributed by atoms with Crippen LogP contribution in [0.2, 0.25) is 5.02 Å². The van der Waals surface area contributed by atoms with Gasteiger partial charge in [0.05, 0.1) is 10.6 Å². The molecule has 0 spiro atoms. The largest absolute Gasteiger partial charge is 0.352 e. The Hall–Kier alpha value is -3.36. The molecular formula is C31H36ClN3O4S. The third-order valence-corrected chi connectivity index (χ3v) is 9.64. The lowest BCUT2D eigenvalue weighted by Gasteiger charge is -2.33. The summed E-state index contributed by atoms with van der Waals surface area (Å²) in [6.45, 7) is 5.05. The summed E-state index contributed by atoms with van der Waals surface area (Å²) in [5.41, 5.74) is 2.76. The molecule has 212 valence electrons. The maximum absolute atomic E-state index is 14.1. The Labute approximate surface area is 242 Å². The van der Waals surface area contributed by atoms with Gasteiger partial charge in [-0.25, -0.2) is 8.42 Å². The number of hydrogen-bond donors (Lipinski definition) is 1. The molecule has 1 fully saturated rings. The van der Waals surface area contributed by atoms with Crippen LogP contribution in [-0.4, -0.2) is 43.8 Å². The SMILES string of the molecule is Cc1ccc(CN(C(=O)CN(c2cccc(Cl)c2C)S(=O)(=O)c2ccccc2)[C@@H](C)C(=O)NC2CCCC2)cc1.